The first kappa shape index (κ1) is 7.89. The van der Waals surface area contributed by atoms with E-state index in [0.29, 0.717) is 0 Å². The summed E-state index contributed by atoms with van der Waals surface area (Å²) >= 11 is 11.2. The van der Waals surface area contributed by atoms with Crippen LogP contribution in [0, 0.1) is 6.92 Å². The molecule has 0 fully saturated rings. The van der Waals surface area contributed by atoms with Gasteiger partial charge < -0.3 is 0 Å². The summed E-state index contributed by atoms with van der Waals surface area (Å²) in [5, 5.41) is 4.06. The Morgan fingerprint density at radius 3 is 2.40 bits per heavy atom. The number of rotatable bonds is 1. The van der Waals surface area contributed by atoms with Crippen LogP contribution in [0.4, 0.5) is 0 Å². The van der Waals surface area contributed by atoms with Crippen molar-refractivity contribution in [1.82, 2.24) is 9.78 Å². The number of hydrogen-bond acceptors (Lipinski definition) is 1. The van der Waals surface area contributed by atoms with Crippen molar-refractivity contribution in [3.05, 3.63) is 17.5 Å². The third-order valence-corrected chi connectivity index (χ3v) is 1.67. The number of nitrogens with zero attached hydrogens (tertiary/aromatic N) is 2. The molecule has 0 saturated carbocycles. The monoisotopic (exact) mass is 178 g/mol. The van der Waals surface area contributed by atoms with Gasteiger partial charge in [-0.25, -0.2) is 0 Å². The second kappa shape index (κ2) is 2.81. The topological polar surface area (TPSA) is 17.8 Å². The van der Waals surface area contributed by atoms with Gasteiger partial charge in [0.2, 0.25) is 0 Å². The molecule has 10 heavy (non-hydrogen) atoms. The van der Waals surface area contributed by atoms with Gasteiger partial charge in [0, 0.05) is 13.2 Å². The minimum Gasteiger partial charge on any atom is -0.275 e. The van der Waals surface area contributed by atoms with E-state index in [-0.39, 0.29) is 0 Å². The molecular formula is C6H8Cl2N2. The summed E-state index contributed by atoms with van der Waals surface area (Å²) < 4.78 is 1.70. The number of aryl methyl sites for hydroxylation is 2. The average molecular weight is 179 g/mol. The fourth-order valence-electron chi connectivity index (χ4n) is 0.840. The number of hydrogen-bond donors (Lipinski definition) is 0. The Morgan fingerprint density at radius 2 is 2.20 bits per heavy atom. The highest BCUT2D eigenvalue weighted by Gasteiger charge is 2.09. The van der Waals surface area contributed by atoms with Gasteiger partial charge in [-0.3, -0.25) is 4.68 Å². The molecule has 1 heterocycles. The fraction of sp³-hybridized carbons (Fsp3) is 0.500. The van der Waals surface area contributed by atoms with Crippen LogP contribution >= 0.6 is 23.2 Å². The first-order valence-electron chi connectivity index (χ1n) is 2.89. The maximum atomic E-state index is 5.61. The molecule has 0 aliphatic carbocycles. The molecule has 2 nitrogen and oxygen atoms in total. The summed E-state index contributed by atoms with van der Waals surface area (Å²) in [5.41, 5.74) is 1.77. The van der Waals surface area contributed by atoms with Crippen LogP contribution in [0.25, 0.3) is 0 Å². The largest absolute Gasteiger partial charge is 0.275 e. The average Bonchev–Trinajstić information content (AvgIpc) is 2.10. The molecule has 0 unspecified atom stereocenters. The van der Waals surface area contributed by atoms with Gasteiger partial charge in [-0.15, -0.1) is 0 Å². The lowest BCUT2D eigenvalue weighted by atomic mass is 10.3. The minimum atomic E-state index is -0.513. The molecule has 1 aromatic heterocycles. The molecule has 56 valence electrons. The highest BCUT2D eigenvalue weighted by atomic mass is 35.5. The minimum absolute atomic E-state index is 0.513. The Balaban J connectivity index is 3.03. The summed E-state index contributed by atoms with van der Waals surface area (Å²) in [6, 6.07) is 0. The molecule has 0 aliphatic rings. The molecule has 1 aromatic rings. The standard InChI is InChI=1S/C6H8Cl2N2/c1-4-3-10(2)9-5(4)6(7)8/h3,6H,1-2H3. The molecule has 0 aromatic carbocycles. The molecule has 1 rings (SSSR count). The molecule has 0 atom stereocenters. The van der Waals surface area contributed by atoms with E-state index < -0.39 is 4.84 Å². The maximum Gasteiger partial charge on any atom is 0.151 e. The molecule has 0 saturated heterocycles. The smallest absolute Gasteiger partial charge is 0.151 e. The summed E-state index contributed by atoms with van der Waals surface area (Å²) in [6.07, 6.45) is 1.88. The van der Waals surface area contributed by atoms with Crippen molar-refractivity contribution in [2.45, 2.75) is 11.8 Å². The van der Waals surface area contributed by atoms with Crippen LogP contribution in [0.15, 0.2) is 6.20 Å². The van der Waals surface area contributed by atoms with Crippen molar-refractivity contribution >= 4 is 23.2 Å². The predicted octanol–water partition coefficient (Wildman–Crippen LogP) is 2.20. The van der Waals surface area contributed by atoms with Gasteiger partial charge in [0.25, 0.3) is 0 Å². The molecule has 0 bridgehead atoms. The Morgan fingerprint density at radius 1 is 1.60 bits per heavy atom. The van der Waals surface area contributed by atoms with Crippen molar-refractivity contribution in [2.75, 3.05) is 0 Å². The lowest BCUT2D eigenvalue weighted by Crippen LogP contribution is -1.90. The summed E-state index contributed by atoms with van der Waals surface area (Å²) in [7, 11) is 1.84. The third-order valence-electron chi connectivity index (χ3n) is 1.26. The van der Waals surface area contributed by atoms with Crippen molar-refractivity contribution < 1.29 is 0 Å². The van der Waals surface area contributed by atoms with Gasteiger partial charge in [0.05, 0.1) is 5.69 Å². The Kier molecular flexibility index (Phi) is 2.21. The van der Waals surface area contributed by atoms with Gasteiger partial charge in [-0.05, 0) is 12.5 Å². The molecule has 0 N–H and O–H groups in total. The number of alkyl halides is 2. The van der Waals surface area contributed by atoms with Gasteiger partial charge >= 0.3 is 0 Å². The molecule has 4 heteroatoms. The van der Waals surface area contributed by atoms with E-state index in [1.165, 1.54) is 0 Å². The van der Waals surface area contributed by atoms with Crippen molar-refractivity contribution in [1.29, 1.82) is 0 Å². The van der Waals surface area contributed by atoms with Crippen LogP contribution in [0.5, 0.6) is 0 Å². The van der Waals surface area contributed by atoms with E-state index in [9.17, 15) is 0 Å². The Bertz CT molecular complexity index is 230. The van der Waals surface area contributed by atoms with E-state index in [1.54, 1.807) is 4.68 Å². The highest BCUT2D eigenvalue weighted by molar-refractivity contribution is 6.43. The lowest BCUT2D eigenvalue weighted by molar-refractivity contribution is 0.752. The van der Waals surface area contributed by atoms with Gasteiger partial charge in [-0.2, -0.15) is 5.10 Å². The highest BCUT2D eigenvalue weighted by Crippen LogP contribution is 2.25. The van der Waals surface area contributed by atoms with Crippen LogP contribution in [0.3, 0.4) is 0 Å². The SMILES string of the molecule is Cc1cn(C)nc1C(Cl)Cl. The van der Waals surface area contributed by atoms with Crippen LogP contribution in [0.1, 0.15) is 16.1 Å². The van der Waals surface area contributed by atoms with E-state index >= 15 is 0 Å². The normalized spacial score (nSPS) is 10.9. The molecule has 0 aliphatic heterocycles. The van der Waals surface area contributed by atoms with Gasteiger partial charge in [-0.1, -0.05) is 23.2 Å². The molecule has 0 radical (unpaired) electrons. The zero-order valence-corrected chi connectivity index (χ0v) is 7.32. The van der Waals surface area contributed by atoms with Crippen LogP contribution in [0.2, 0.25) is 0 Å². The number of halogens is 2. The zero-order chi connectivity index (χ0) is 7.72. The van der Waals surface area contributed by atoms with Crippen LogP contribution in [-0.4, -0.2) is 9.78 Å². The first-order valence-corrected chi connectivity index (χ1v) is 3.77. The van der Waals surface area contributed by atoms with E-state index in [2.05, 4.69) is 5.10 Å². The van der Waals surface area contributed by atoms with Crippen LogP contribution < -0.4 is 0 Å². The molecule has 0 amide bonds. The number of aromatic nitrogens is 2. The van der Waals surface area contributed by atoms with Crippen LogP contribution in [-0.2, 0) is 7.05 Å². The zero-order valence-electron chi connectivity index (χ0n) is 5.81. The van der Waals surface area contributed by atoms with Gasteiger partial charge in [0.15, 0.2) is 4.84 Å². The molecule has 0 spiro atoms. The first-order chi connectivity index (χ1) is 4.61. The second-order valence-electron chi connectivity index (χ2n) is 2.17. The predicted molar refractivity (Wildman–Crippen MR) is 42.4 cm³/mol. The quantitative estimate of drug-likeness (QED) is 0.604. The summed E-state index contributed by atoms with van der Waals surface area (Å²) in [5.74, 6) is 0. The summed E-state index contributed by atoms with van der Waals surface area (Å²) in [4.78, 5) is -0.513. The van der Waals surface area contributed by atoms with Crippen molar-refractivity contribution in [2.24, 2.45) is 7.05 Å². The van der Waals surface area contributed by atoms with E-state index in [0.717, 1.165) is 11.3 Å². The Labute approximate surface area is 69.7 Å². The summed E-state index contributed by atoms with van der Waals surface area (Å²) in [6.45, 7) is 1.93. The van der Waals surface area contributed by atoms with E-state index in [1.807, 2.05) is 20.2 Å². The molecular weight excluding hydrogens is 171 g/mol. The van der Waals surface area contributed by atoms with Gasteiger partial charge in [0.1, 0.15) is 0 Å². The van der Waals surface area contributed by atoms with Crippen molar-refractivity contribution in [3.63, 3.8) is 0 Å². The van der Waals surface area contributed by atoms with E-state index in [4.69, 9.17) is 23.2 Å². The second-order valence-corrected chi connectivity index (χ2v) is 3.27. The van der Waals surface area contributed by atoms with Crippen molar-refractivity contribution in [3.8, 4) is 0 Å². The Hall–Kier alpha value is -0.210. The maximum absolute atomic E-state index is 5.61. The fourth-order valence-corrected chi connectivity index (χ4v) is 1.27. The lowest BCUT2D eigenvalue weighted by Gasteiger charge is -1.94. The third kappa shape index (κ3) is 1.44.